The maximum Gasteiger partial charge on any atom is 0.315 e. The lowest BCUT2D eigenvalue weighted by molar-refractivity contribution is -0.134. The first-order valence-corrected chi connectivity index (χ1v) is 8.10. The number of nitrogens with one attached hydrogen (secondary N) is 1. The summed E-state index contributed by atoms with van der Waals surface area (Å²) < 4.78 is 5.56. The largest absolute Gasteiger partial charge is 0.481 e. The number of hydrogen-bond acceptors (Lipinski definition) is 6. The summed E-state index contributed by atoms with van der Waals surface area (Å²) in [5.41, 5.74) is 5.76. The number of carboxylic acids is 1. The molecule has 1 fully saturated rings. The van der Waals surface area contributed by atoms with E-state index in [0.717, 1.165) is 19.4 Å². The summed E-state index contributed by atoms with van der Waals surface area (Å²) in [5.74, 6) is 0.366. The van der Waals surface area contributed by atoms with Crippen molar-refractivity contribution in [2.24, 2.45) is 17.1 Å². The Labute approximate surface area is 138 Å². The van der Waals surface area contributed by atoms with Gasteiger partial charge in [-0.3, -0.25) is 4.79 Å². The van der Waals surface area contributed by atoms with Crippen LogP contribution in [0.4, 0.5) is 6.01 Å². The molecule has 0 amide bonds. The van der Waals surface area contributed by atoms with Crippen molar-refractivity contribution in [3.05, 3.63) is 5.89 Å². The molecule has 1 aromatic heterocycles. The van der Waals surface area contributed by atoms with Gasteiger partial charge in [-0.1, -0.05) is 25.4 Å². The summed E-state index contributed by atoms with van der Waals surface area (Å²) in [4.78, 5) is 9.00. The van der Waals surface area contributed by atoms with Crippen molar-refractivity contribution in [3.63, 3.8) is 0 Å². The van der Waals surface area contributed by atoms with Crippen LogP contribution in [0.3, 0.4) is 0 Å². The Balaban J connectivity index is 0.000000593. The van der Waals surface area contributed by atoms with Gasteiger partial charge < -0.3 is 20.6 Å². The molecule has 0 unspecified atom stereocenters. The Morgan fingerprint density at radius 3 is 2.35 bits per heavy atom. The van der Waals surface area contributed by atoms with Crippen molar-refractivity contribution in [3.8, 4) is 0 Å². The van der Waals surface area contributed by atoms with E-state index >= 15 is 0 Å². The smallest absolute Gasteiger partial charge is 0.315 e. The molecule has 0 saturated heterocycles. The van der Waals surface area contributed by atoms with Crippen LogP contribution in [-0.4, -0.2) is 27.8 Å². The van der Waals surface area contributed by atoms with Gasteiger partial charge in [0.15, 0.2) is 0 Å². The number of hydrogen-bond donors (Lipinski definition) is 3. The van der Waals surface area contributed by atoms with Gasteiger partial charge in [-0.05, 0) is 44.4 Å². The molecule has 0 aliphatic heterocycles. The van der Waals surface area contributed by atoms with Crippen LogP contribution in [-0.2, 0) is 10.3 Å². The van der Waals surface area contributed by atoms with Crippen molar-refractivity contribution < 1.29 is 14.3 Å². The topological polar surface area (TPSA) is 114 Å². The third-order valence-electron chi connectivity index (χ3n) is 3.85. The third-order valence-corrected chi connectivity index (χ3v) is 3.85. The molecular weight excluding hydrogens is 296 g/mol. The Morgan fingerprint density at radius 2 is 2.00 bits per heavy atom. The van der Waals surface area contributed by atoms with Crippen LogP contribution in [0.25, 0.3) is 0 Å². The standard InChI is InChI=1S/C14H26N4O.C2H4O2/c1-10(2)8-14(6-5-7-14)9-16-12-18-17-11(19-12)13(3,4)15;1-2(3)4/h10H,5-9,15H2,1-4H3,(H,16,18);1H3,(H,3,4). The molecule has 1 saturated carbocycles. The van der Waals surface area contributed by atoms with Gasteiger partial charge in [0.25, 0.3) is 5.97 Å². The fraction of sp³-hybridized carbons (Fsp3) is 0.812. The highest BCUT2D eigenvalue weighted by Crippen LogP contribution is 2.45. The normalized spacial score (nSPS) is 16.3. The predicted molar refractivity (Wildman–Crippen MR) is 89.0 cm³/mol. The minimum atomic E-state index is -0.833. The lowest BCUT2D eigenvalue weighted by atomic mass is 9.64. The van der Waals surface area contributed by atoms with Gasteiger partial charge >= 0.3 is 6.01 Å². The summed E-state index contributed by atoms with van der Waals surface area (Å²) in [6.07, 6.45) is 5.17. The molecule has 0 radical (unpaired) electrons. The first kappa shape index (κ1) is 19.4. The molecule has 4 N–H and O–H groups in total. The Kier molecular flexibility index (Phi) is 6.56. The van der Waals surface area contributed by atoms with Gasteiger partial charge in [0.2, 0.25) is 5.89 Å². The number of carboxylic acid groups (broad SMARTS) is 1. The lowest BCUT2D eigenvalue weighted by Gasteiger charge is -2.43. The average Bonchev–Trinajstić information content (AvgIpc) is 2.79. The SMILES string of the molecule is CC(=O)O.CC(C)CC1(CNc2nnc(C(C)(C)N)o2)CCC1. The van der Waals surface area contributed by atoms with Crippen LogP contribution in [0.2, 0.25) is 0 Å². The minimum absolute atomic E-state index is 0.418. The molecule has 0 spiro atoms. The highest BCUT2D eigenvalue weighted by Gasteiger charge is 2.37. The fourth-order valence-corrected chi connectivity index (χ4v) is 2.81. The van der Waals surface area contributed by atoms with E-state index in [4.69, 9.17) is 20.1 Å². The Morgan fingerprint density at radius 1 is 1.43 bits per heavy atom. The Bertz CT molecular complexity index is 498. The monoisotopic (exact) mass is 326 g/mol. The zero-order chi connectivity index (χ0) is 17.7. The molecule has 1 aliphatic carbocycles. The zero-order valence-corrected chi connectivity index (χ0v) is 14.8. The molecule has 1 heterocycles. The number of rotatable bonds is 6. The number of aromatic nitrogens is 2. The summed E-state index contributed by atoms with van der Waals surface area (Å²) in [6.45, 7) is 10.3. The van der Waals surface area contributed by atoms with E-state index in [2.05, 4.69) is 29.4 Å². The number of nitrogens with two attached hydrogens (primary N) is 1. The molecule has 1 aromatic rings. The highest BCUT2D eigenvalue weighted by molar-refractivity contribution is 5.62. The Hall–Kier alpha value is -1.63. The molecule has 23 heavy (non-hydrogen) atoms. The summed E-state index contributed by atoms with van der Waals surface area (Å²) >= 11 is 0. The van der Waals surface area contributed by atoms with Gasteiger partial charge in [-0.15, -0.1) is 5.10 Å². The summed E-state index contributed by atoms with van der Waals surface area (Å²) in [7, 11) is 0. The quantitative estimate of drug-likeness (QED) is 0.736. The second-order valence-corrected chi connectivity index (χ2v) is 7.46. The fourth-order valence-electron chi connectivity index (χ4n) is 2.81. The van der Waals surface area contributed by atoms with E-state index in [0.29, 0.717) is 17.3 Å². The first-order valence-electron chi connectivity index (χ1n) is 8.10. The predicted octanol–water partition coefficient (Wildman–Crippen LogP) is 2.98. The van der Waals surface area contributed by atoms with E-state index in [1.807, 2.05) is 13.8 Å². The van der Waals surface area contributed by atoms with E-state index in [-0.39, 0.29) is 0 Å². The molecular formula is C16H30N4O3. The van der Waals surface area contributed by atoms with Gasteiger partial charge in [-0.2, -0.15) is 0 Å². The molecule has 0 bridgehead atoms. The van der Waals surface area contributed by atoms with E-state index < -0.39 is 11.5 Å². The van der Waals surface area contributed by atoms with Crippen LogP contribution in [0.5, 0.6) is 0 Å². The summed E-state index contributed by atoms with van der Waals surface area (Å²) in [6, 6.07) is 0.489. The van der Waals surface area contributed by atoms with Gasteiger partial charge in [0.05, 0.1) is 5.54 Å². The molecule has 7 heteroatoms. The van der Waals surface area contributed by atoms with Crippen molar-refractivity contribution in [2.75, 3.05) is 11.9 Å². The molecule has 1 aliphatic rings. The van der Waals surface area contributed by atoms with Crippen LogP contribution >= 0.6 is 0 Å². The number of nitrogens with zero attached hydrogens (tertiary/aromatic N) is 2. The maximum absolute atomic E-state index is 9.00. The van der Waals surface area contributed by atoms with E-state index in [1.165, 1.54) is 25.7 Å². The number of carbonyl (C=O) groups is 1. The molecule has 132 valence electrons. The maximum atomic E-state index is 9.00. The zero-order valence-electron chi connectivity index (χ0n) is 14.8. The minimum Gasteiger partial charge on any atom is -0.481 e. The second kappa shape index (κ2) is 7.77. The van der Waals surface area contributed by atoms with Crippen LogP contribution < -0.4 is 11.1 Å². The first-order chi connectivity index (χ1) is 10.5. The van der Waals surface area contributed by atoms with Crippen molar-refractivity contribution >= 4 is 12.0 Å². The molecule has 7 nitrogen and oxygen atoms in total. The van der Waals surface area contributed by atoms with E-state index in [9.17, 15) is 0 Å². The van der Waals surface area contributed by atoms with Crippen molar-refractivity contribution in [2.45, 2.75) is 65.8 Å². The van der Waals surface area contributed by atoms with Gasteiger partial charge in [0.1, 0.15) is 0 Å². The number of aliphatic carboxylic acids is 1. The molecule has 0 aromatic carbocycles. The summed E-state index contributed by atoms with van der Waals surface area (Å²) in [5, 5.41) is 18.7. The van der Waals surface area contributed by atoms with E-state index in [1.54, 1.807) is 0 Å². The van der Waals surface area contributed by atoms with Crippen molar-refractivity contribution in [1.29, 1.82) is 0 Å². The third kappa shape index (κ3) is 6.56. The van der Waals surface area contributed by atoms with Crippen LogP contribution in [0.1, 0.15) is 66.2 Å². The average molecular weight is 326 g/mol. The van der Waals surface area contributed by atoms with Crippen LogP contribution in [0.15, 0.2) is 4.42 Å². The number of anilines is 1. The van der Waals surface area contributed by atoms with Crippen molar-refractivity contribution in [1.82, 2.24) is 10.2 Å². The van der Waals surface area contributed by atoms with Crippen LogP contribution in [0, 0.1) is 11.3 Å². The van der Waals surface area contributed by atoms with Gasteiger partial charge in [-0.25, -0.2) is 0 Å². The van der Waals surface area contributed by atoms with Gasteiger partial charge in [0, 0.05) is 13.5 Å². The molecule has 2 rings (SSSR count). The second-order valence-electron chi connectivity index (χ2n) is 7.46. The lowest BCUT2D eigenvalue weighted by Crippen LogP contribution is -2.37. The molecule has 0 atom stereocenters. The highest BCUT2D eigenvalue weighted by atomic mass is 16.4.